The van der Waals surface area contributed by atoms with Crippen LogP contribution in [-0.4, -0.2) is 5.78 Å². The second-order valence-electron chi connectivity index (χ2n) is 3.61. The maximum absolute atomic E-state index is 11.3. The fourth-order valence-corrected chi connectivity index (χ4v) is 2.47. The molecule has 2 fully saturated rings. The molecule has 0 heterocycles. The smallest absolute Gasteiger partial charge is 0.139 e. The van der Waals surface area contributed by atoms with Gasteiger partial charge in [0, 0.05) is 11.8 Å². The van der Waals surface area contributed by atoms with Gasteiger partial charge in [-0.2, -0.15) is 0 Å². The molecular weight excluding hydrogens is 124 g/mol. The van der Waals surface area contributed by atoms with Gasteiger partial charge < -0.3 is 0 Å². The van der Waals surface area contributed by atoms with E-state index in [-0.39, 0.29) is 5.41 Å². The van der Waals surface area contributed by atoms with Crippen molar-refractivity contribution >= 4 is 5.78 Å². The molecule has 54 valence electrons. The van der Waals surface area contributed by atoms with E-state index < -0.39 is 0 Å². The van der Waals surface area contributed by atoms with Gasteiger partial charge in [-0.1, -0.05) is 13.0 Å². The van der Waals surface area contributed by atoms with Crippen molar-refractivity contribution in [2.24, 2.45) is 17.3 Å². The van der Waals surface area contributed by atoms with Crippen LogP contribution in [-0.2, 0) is 4.79 Å². The second kappa shape index (κ2) is 1.52. The maximum atomic E-state index is 11.3. The minimum absolute atomic E-state index is 0.0295. The molecular formula is C9H12O. The van der Waals surface area contributed by atoms with Crippen LogP contribution in [0, 0.1) is 17.3 Å². The fourth-order valence-electron chi connectivity index (χ4n) is 2.47. The molecule has 0 unspecified atom stereocenters. The number of Topliss-reactive ketones (excluding diaryl/α,β-unsaturated/α-hetero) is 1. The molecule has 0 radical (unpaired) electrons. The molecule has 2 aliphatic carbocycles. The van der Waals surface area contributed by atoms with Gasteiger partial charge in [-0.05, 0) is 18.3 Å². The summed E-state index contributed by atoms with van der Waals surface area (Å²) in [5.41, 5.74) is 0.0295. The average molecular weight is 136 g/mol. The van der Waals surface area contributed by atoms with E-state index in [1.54, 1.807) is 0 Å². The first kappa shape index (κ1) is 6.14. The highest BCUT2D eigenvalue weighted by atomic mass is 16.1. The summed E-state index contributed by atoms with van der Waals surface area (Å²) >= 11 is 0. The van der Waals surface area contributed by atoms with Gasteiger partial charge >= 0.3 is 0 Å². The summed E-state index contributed by atoms with van der Waals surface area (Å²) in [4.78, 5) is 11.3. The second-order valence-corrected chi connectivity index (χ2v) is 3.61. The minimum atomic E-state index is 0.0295. The van der Waals surface area contributed by atoms with Crippen LogP contribution in [0.25, 0.3) is 0 Å². The Hall–Kier alpha value is -0.590. The largest absolute Gasteiger partial charge is 0.299 e. The number of hydrogen-bond donors (Lipinski definition) is 0. The van der Waals surface area contributed by atoms with E-state index in [9.17, 15) is 4.79 Å². The summed E-state index contributed by atoms with van der Waals surface area (Å²) in [6.45, 7) is 5.82. The summed E-state index contributed by atoms with van der Waals surface area (Å²) in [5, 5.41) is 0. The zero-order valence-electron chi connectivity index (χ0n) is 6.26. The van der Waals surface area contributed by atoms with Gasteiger partial charge in [0.25, 0.3) is 0 Å². The first-order chi connectivity index (χ1) is 4.71. The zero-order chi connectivity index (χ0) is 7.35. The van der Waals surface area contributed by atoms with E-state index in [0.717, 1.165) is 12.8 Å². The third-order valence-corrected chi connectivity index (χ3v) is 3.32. The van der Waals surface area contributed by atoms with Crippen molar-refractivity contribution in [3.05, 3.63) is 12.7 Å². The predicted molar refractivity (Wildman–Crippen MR) is 39.5 cm³/mol. The lowest BCUT2D eigenvalue weighted by atomic mass is 10.0. The SMILES string of the molecule is C=C[C@@H]1[C@H]2CCC(=O)[C@@]12C. The normalized spacial score (nSPS) is 50.7. The number of hydrogen-bond acceptors (Lipinski definition) is 1. The standard InChI is InChI=1S/C9H12O/c1-3-6-7-4-5-8(10)9(6,7)2/h3,6-7H,1,4-5H2,2H3/t6-,7-,9+/m1/s1. The molecule has 0 spiro atoms. The highest BCUT2D eigenvalue weighted by Gasteiger charge is 2.66. The van der Waals surface area contributed by atoms with Gasteiger partial charge in [-0.3, -0.25) is 4.79 Å². The highest BCUT2D eigenvalue weighted by molar-refractivity contribution is 5.91. The third-order valence-electron chi connectivity index (χ3n) is 3.32. The van der Waals surface area contributed by atoms with Crippen LogP contribution in [0.15, 0.2) is 12.7 Å². The summed E-state index contributed by atoms with van der Waals surface area (Å²) in [6.07, 6.45) is 3.86. The summed E-state index contributed by atoms with van der Waals surface area (Å²) in [6, 6.07) is 0. The molecule has 0 aliphatic heterocycles. The molecule has 1 heteroatoms. The Kier molecular flexibility index (Phi) is 0.936. The molecule has 1 nitrogen and oxygen atoms in total. The minimum Gasteiger partial charge on any atom is -0.299 e. The molecule has 3 atom stereocenters. The summed E-state index contributed by atoms with van der Waals surface area (Å²) in [5.74, 6) is 1.62. The number of fused-ring (bicyclic) bond motifs is 1. The van der Waals surface area contributed by atoms with Crippen LogP contribution < -0.4 is 0 Å². The Morgan fingerprint density at radius 2 is 2.50 bits per heavy atom. The van der Waals surface area contributed by atoms with Gasteiger partial charge in [-0.15, -0.1) is 6.58 Å². The Bertz CT molecular complexity index is 207. The Morgan fingerprint density at radius 1 is 1.80 bits per heavy atom. The van der Waals surface area contributed by atoms with Gasteiger partial charge in [0.05, 0.1) is 0 Å². The van der Waals surface area contributed by atoms with Crippen molar-refractivity contribution in [1.29, 1.82) is 0 Å². The lowest BCUT2D eigenvalue weighted by Crippen LogP contribution is -2.09. The molecule has 0 aromatic carbocycles. The Balaban J connectivity index is 2.28. The first-order valence-corrected chi connectivity index (χ1v) is 3.87. The number of ketones is 1. The van der Waals surface area contributed by atoms with Crippen LogP contribution in [0.3, 0.4) is 0 Å². The number of allylic oxidation sites excluding steroid dienone is 1. The Labute approximate surface area is 61.1 Å². The van der Waals surface area contributed by atoms with E-state index in [4.69, 9.17) is 0 Å². The van der Waals surface area contributed by atoms with E-state index >= 15 is 0 Å². The maximum Gasteiger partial charge on any atom is 0.139 e. The van der Waals surface area contributed by atoms with Crippen molar-refractivity contribution in [2.45, 2.75) is 19.8 Å². The van der Waals surface area contributed by atoms with Crippen molar-refractivity contribution < 1.29 is 4.79 Å². The lowest BCUT2D eigenvalue weighted by molar-refractivity contribution is -0.122. The number of carbonyl (C=O) groups excluding carboxylic acids is 1. The molecule has 0 amide bonds. The fraction of sp³-hybridized carbons (Fsp3) is 0.667. The van der Waals surface area contributed by atoms with Crippen LogP contribution in [0.4, 0.5) is 0 Å². The first-order valence-electron chi connectivity index (χ1n) is 3.87. The summed E-state index contributed by atoms with van der Waals surface area (Å²) < 4.78 is 0. The zero-order valence-corrected chi connectivity index (χ0v) is 6.26. The van der Waals surface area contributed by atoms with Gasteiger partial charge in [0.1, 0.15) is 5.78 Å². The van der Waals surface area contributed by atoms with E-state index in [1.807, 2.05) is 6.08 Å². The van der Waals surface area contributed by atoms with Crippen LogP contribution in [0.1, 0.15) is 19.8 Å². The molecule has 0 saturated heterocycles. The van der Waals surface area contributed by atoms with Crippen molar-refractivity contribution in [2.75, 3.05) is 0 Å². The molecule has 0 aromatic rings. The van der Waals surface area contributed by atoms with E-state index in [2.05, 4.69) is 13.5 Å². The molecule has 2 rings (SSSR count). The summed E-state index contributed by atoms with van der Waals surface area (Å²) in [7, 11) is 0. The Morgan fingerprint density at radius 3 is 2.80 bits per heavy atom. The highest BCUT2D eigenvalue weighted by Crippen LogP contribution is 2.66. The van der Waals surface area contributed by atoms with Crippen LogP contribution in [0.2, 0.25) is 0 Å². The third kappa shape index (κ3) is 0.437. The molecule has 2 aliphatic rings. The number of rotatable bonds is 1. The van der Waals surface area contributed by atoms with Gasteiger partial charge in [0.2, 0.25) is 0 Å². The molecule has 0 aromatic heterocycles. The van der Waals surface area contributed by atoms with Crippen molar-refractivity contribution in [3.8, 4) is 0 Å². The van der Waals surface area contributed by atoms with E-state index in [0.29, 0.717) is 17.6 Å². The van der Waals surface area contributed by atoms with Crippen molar-refractivity contribution in [1.82, 2.24) is 0 Å². The van der Waals surface area contributed by atoms with Crippen LogP contribution in [0.5, 0.6) is 0 Å². The molecule has 10 heavy (non-hydrogen) atoms. The average Bonchev–Trinajstić information content (AvgIpc) is 2.41. The molecule has 2 saturated carbocycles. The number of carbonyl (C=O) groups is 1. The quantitative estimate of drug-likeness (QED) is 0.502. The molecule has 0 N–H and O–H groups in total. The van der Waals surface area contributed by atoms with Crippen LogP contribution >= 0.6 is 0 Å². The molecule has 0 bridgehead atoms. The van der Waals surface area contributed by atoms with E-state index in [1.165, 1.54) is 0 Å². The monoisotopic (exact) mass is 136 g/mol. The predicted octanol–water partition coefficient (Wildman–Crippen LogP) is 1.79. The topological polar surface area (TPSA) is 17.1 Å². The lowest BCUT2D eigenvalue weighted by Gasteiger charge is -2.01. The van der Waals surface area contributed by atoms with Crippen molar-refractivity contribution in [3.63, 3.8) is 0 Å². The van der Waals surface area contributed by atoms with Gasteiger partial charge in [-0.25, -0.2) is 0 Å². The van der Waals surface area contributed by atoms with Gasteiger partial charge in [0.15, 0.2) is 0 Å².